The summed E-state index contributed by atoms with van der Waals surface area (Å²) >= 11 is 3.39. The number of likely N-dealkylation sites (tertiary alicyclic amines) is 1. The molecule has 0 radical (unpaired) electrons. The number of nitriles is 1. The van der Waals surface area contributed by atoms with Crippen LogP contribution in [0.25, 0.3) is 0 Å². The van der Waals surface area contributed by atoms with Gasteiger partial charge in [0.1, 0.15) is 0 Å². The highest BCUT2D eigenvalue weighted by Crippen LogP contribution is 2.34. The van der Waals surface area contributed by atoms with E-state index < -0.39 is 11.5 Å². The van der Waals surface area contributed by atoms with Gasteiger partial charge in [-0.15, -0.1) is 0 Å². The van der Waals surface area contributed by atoms with Crippen molar-refractivity contribution in [2.24, 2.45) is 5.41 Å². The summed E-state index contributed by atoms with van der Waals surface area (Å²) in [5.74, 6) is 0. The van der Waals surface area contributed by atoms with Crippen molar-refractivity contribution in [3.05, 3.63) is 34.3 Å². The maximum Gasteiger partial charge on any atom is 0.407 e. The van der Waals surface area contributed by atoms with Crippen molar-refractivity contribution in [2.45, 2.75) is 19.3 Å². The molecule has 100 valence electrons. The molecule has 0 saturated carbocycles. The minimum atomic E-state index is -0.893. The van der Waals surface area contributed by atoms with Gasteiger partial charge < -0.3 is 10.0 Å². The van der Waals surface area contributed by atoms with Gasteiger partial charge in [0.05, 0.1) is 11.5 Å². The van der Waals surface area contributed by atoms with E-state index in [9.17, 15) is 10.1 Å². The Morgan fingerprint density at radius 1 is 1.37 bits per heavy atom. The first-order valence-electron chi connectivity index (χ1n) is 6.18. The lowest BCUT2D eigenvalue weighted by molar-refractivity contribution is 0.110. The molecule has 1 N–H and O–H groups in total. The lowest BCUT2D eigenvalue weighted by atomic mass is 9.75. The van der Waals surface area contributed by atoms with Crippen molar-refractivity contribution < 1.29 is 9.90 Å². The Labute approximate surface area is 120 Å². The number of carbonyl (C=O) groups is 1. The number of amides is 1. The summed E-state index contributed by atoms with van der Waals surface area (Å²) in [6, 6.07) is 10.4. The molecule has 4 nitrogen and oxygen atoms in total. The normalized spacial score (nSPS) is 17.8. The minimum Gasteiger partial charge on any atom is -0.465 e. The molecular formula is C14H15BrN2O2. The number of carboxylic acid groups (broad SMARTS) is 1. The third kappa shape index (κ3) is 3.27. The van der Waals surface area contributed by atoms with Crippen LogP contribution < -0.4 is 0 Å². The molecule has 1 saturated heterocycles. The third-order valence-electron chi connectivity index (χ3n) is 3.68. The molecule has 1 aromatic carbocycles. The van der Waals surface area contributed by atoms with Crippen molar-refractivity contribution in [2.75, 3.05) is 13.1 Å². The number of halogens is 1. The molecule has 0 aromatic heterocycles. The Balaban J connectivity index is 2.07. The molecule has 1 aliphatic heterocycles. The molecule has 1 fully saturated rings. The Morgan fingerprint density at radius 3 is 2.42 bits per heavy atom. The average molecular weight is 323 g/mol. The molecule has 1 aromatic rings. The molecule has 5 heteroatoms. The quantitative estimate of drug-likeness (QED) is 0.908. The van der Waals surface area contributed by atoms with Gasteiger partial charge in [-0.2, -0.15) is 5.26 Å². The average Bonchev–Trinajstić information content (AvgIpc) is 2.42. The Kier molecular flexibility index (Phi) is 4.11. The lowest BCUT2D eigenvalue weighted by Gasteiger charge is -2.36. The summed E-state index contributed by atoms with van der Waals surface area (Å²) < 4.78 is 1.02. The van der Waals surface area contributed by atoms with Gasteiger partial charge in [-0.25, -0.2) is 4.79 Å². The fraction of sp³-hybridized carbons (Fsp3) is 0.429. The molecule has 0 atom stereocenters. The SMILES string of the molecule is N#CC1(Cc2ccc(Br)cc2)CCN(C(=O)O)CC1. The van der Waals surface area contributed by atoms with Gasteiger partial charge in [0.2, 0.25) is 0 Å². The fourth-order valence-electron chi connectivity index (χ4n) is 2.45. The van der Waals surface area contributed by atoms with Gasteiger partial charge in [-0.05, 0) is 37.0 Å². The number of benzene rings is 1. The van der Waals surface area contributed by atoms with E-state index in [1.807, 2.05) is 24.3 Å². The van der Waals surface area contributed by atoms with Crippen LogP contribution in [0.1, 0.15) is 18.4 Å². The number of rotatable bonds is 2. The van der Waals surface area contributed by atoms with Gasteiger partial charge in [0, 0.05) is 17.6 Å². The van der Waals surface area contributed by atoms with Crippen LogP contribution in [0.15, 0.2) is 28.7 Å². The van der Waals surface area contributed by atoms with Gasteiger partial charge in [-0.3, -0.25) is 0 Å². The number of nitrogens with zero attached hydrogens (tertiary/aromatic N) is 2. The Hall–Kier alpha value is -1.54. The van der Waals surface area contributed by atoms with E-state index in [0.717, 1.165) is 10.0 Å². The smallest absolute Gasteiger partial charge is 0.407 e. The number of piperidine rings is 1. The van der Waals surface area contributed by atoms with Crippen molar-refractivity contribution in [1.29, 1.82) is 5.26 Å². The first-order valence-corrected chi connectivity index (χ1v) is 6.97. The first kappa shape index (κ1) is 13.9. The summed E-state index contributed by atoms with van der Waals surface area (Å²) in [7, 11) is 0. The molecule has 0 aliphatic carbocycles. The predicted octanol–water partition coefficient (Wildman–Crippen LogP) is 3.28. The molecule has 0 bridgehead atoms. The second-order valence-corrected chi connectivity index (χ2v) is 5.88. The maximum absolute atomic E-state index is 10.9. The van der Waals surface area contributed by atoms with Crippen LogP contribution in [0.3, 0.4) is 0 Å². The van der Waals surface area contributed by atoms with Gasteiger partial charge >= 0.3 is 6.09 Å². The number of hydrogen-bond donors (Lipinski definition) is 1. The summed E-state index contributed by atoms with van der Waals surface area (Å²) in [4.78, 5) is 12.3. The highest BCUT2D eigenvalue weighted by atomic mass is 79.9. The molecular weight excluding hydrogens is 308 g/mol. The lowest BCUT2D eigenvalue weighted by Crippen LogP contribution is -2.42. The van der Waals surface area contributed by atoms with Crippen molar-refractivity contribution in [3.8, 4) is 6.07 Å². The molecule has 1 heterocycles. The van der Waals surface area contributed by atoms with E-state index in [4.69, 9.17) is 5.11 Å². The summed E-state index contributed by atoms with van der Waals surface area (Å²) in [5.41, 5.74) is 0.688. The third-order valence-corrected chi connectivity index (χ3v) is 4.21. The largest absolute Gasteiger partial charge is 0.465 e. The van der Waals surface area contributed by atoms with Gasteiger partial charge in [0.25, 0.3) is 0 Å². The van der Waals surface area contributed by atoms with Crippen LogP contribution in [0, 0.1) is 16.7 Å². The zero-order valence-corrected chi connectivity index (χ0v) is 12.1. The van der Waals surface area contributed by atoms with Crippen molar-refractivity contribution in [3.63, 3.8) is 0 Å². The highest BCUT2D eigenvalue weighted by Gasteiger charge is 2.36. The standard InChI is InChI=1S/C14H15BrN2O2/c15-12-3-1-11(2-4-12)9-14(10-16)5-7-17(8-6-14)13(18)19/h1-4H,5-9H2,(H,18,19). The van der Waals surface area contributed by atoms with Crippen LogP contribution in [0.2, 0.25) is 0 Å². The number of hydrogen-bond acceptors (Lipinski definition) is 2. The van der Waals surface area contributed by atoms with E-state index in [1.165, 1.54) is 4.90 Å². The molecule has 1 amide bonds. The molecule has 0 unspecified atom stereocenters. The molecule has 2 rings (SSSR count). The molecule has 0 spiro atoms. The van der Waals surface area contributed by atoms with Crippen molar-refractivity contribution >= 4 is 22.0 Å². The van der Waals surface area contributed by atoms with E-state index in [1.54, 1.807) is 0 Å². The van der Waals surface area contributed by atoms with Crippen LogP contribution in [-0.2, 0) is 6.42 Å². The second kappa shape index (κ2) is 5.62. The summed E-state index contributed by atoms with van der Waals surface area (Å²) in [6.07, 6.45) is 0.997. The van der Waals surface area contributed by atoms with E-state index >= 15 is 0 Å². The van der Waals surface area contributed by atoms with Crippen LogP contribution in [0.4, 0.5) is 4.79 Å². The van der Waals surface area contributed by atoms with Crippen molar-refractivity contribution in [1.82, 2.24) is 4.90 Å². The Bertz CT molecular complexity index is 499. The van der Waals surface area contributed by atoms with E-state index in [0.29, 0.717) is 32.4 Å². The maximum atomic E-state index is 10.9. The molecule has 1 aliphatic rings. The van der Waals surface area contributed by atoms with Crippen LogP contribution in [-0.4, -0.2) is 29.2 Å². The topological polar surface area (TPSA) is 64.3 Å². The van der Waals surface area contributed by atoms with Crippen LogP contribution >= 0.6 is 15.9 Å². The summed E-state index contributed by atoms with van der Waals surface area (Å²) in [6.45, 7) is 0.888. The van der Waals surface area contributed by atoms with Gasteiger partial charge in [0.15, 0.2) is 0 Å². The predicted molar refractivity (Wildman–Crippen MR) is 74.7 cm³/mol. The zero-order chi connectivity index (χ0) is 13.9. The van der Waals surface area contributed by atoms with E-state index in [2.05, 4.69) is 22.0 Å². The van der Waals surface area contributed by atoms with Crippen LogP contribution in [0.5, 0.6) is 0 Å². The fourth-order valence-corrected chi connectivity index (χ4v) is 2.71. The van der Waals surface area contributed by atoms with E-state index in [-0.39, 0.29) is 0 Å². The molecule has 19 heavy (non-hydrogen) atoms. The second-order valence-electron chi connectivity index (χ2n) is 4.96. The van der Waals surface area contributed by atoms with Gasteiger partial charge in [-0.1, -0.05) is 28.1 Å². The summed E-state index contributed by atoms with van der Waals surface area (Å²) in [5, 5.41) is 18.4. The zero-order valence-electron chi connectivity index (χ0n) is 10.5. The highest BCUT2D eigenvalue weighted by molar-refractivity contribution is 9.10. The monoisotopic (exact) mass is 322 g/mol. The first-order chi connectivity index (χ1) is 9.04. The minimum absolute atomic E-state index is 0.431. The Morgan fingerprint density at radius 2 is 1.95 bits per heavy atom.